The van der Waals surface area contributed by atoms with Gasteiger partial charge in [0.2, 0.25) is 0 Å². The van der Waals surface area contributed by atoms with Gasteiger partial charge in [0.05, 0.1) is 41.7 Å². The van der Waals surface area contributed by atoms with E-state index < -0.39 is 35.8 Å². The number of para-hydroxylation sites is 1. The lowest BCUT2D eigenvalue weighted by molar-refractivity contribution is -0.137. The number of urea groups is 2. The highest BCUT2D eigenvalue weighted by Gasteiger charge is 2.35. The SMILES string of the molecule is C[C@@H]1CN([C@H](C)CO)C(=O)c2cccc(NC(=O)Nc3ccc(C(F)(F)F)cc3)c2O[C@H]1CN(C)C(=O)Nc1cccc2ccccc12. The molecule has 1 aliphatic heterocycles. The average Bonchev–Trinajstić information content (AvgIpc) is 3.06. The van der Waals surface area contributed by atoms with E-state index >= 15 is 0 Å². The molecule has 0 aromatic heterocycles. The summed E-state index contributed by atoms with van der Waals surface area (Å²) in [5, 5.41) is 19.9. The Morgan fingerprint density at radius 1 is 0.958 bits per heavy atom. The Bertz CT molecular complexity index is 1790. The largest absolute Gasteiger partial charge is 0.485 e. The molecule has 252 valence electrons. The first-order chi connectivity index (χ1) is 22.8. The Labute approximate surface area is 275 Å². The van der Waals surface area contributed by atoms with E-state index in [0.29, 0.717) is 5.69 Å². The lowest BCUT2D eigenvalue weighted by Crippen LogP contribution is -2.50. The van der Waals surface area contributed by atoms with E-state index in [1.165, 1.54) is 21.9 Å². The van der Waals surface area contributed by atoms with Gasteiger partial charge in [0.15, 0.2) is 5.75 Å². The second kappa shape index (κ2) is 14.2. The number of aliphatic hydroxyl groups is 1. The van der Waals surface area contributed by atoms with Crippen LogP contribution in [0.25, 0.3) is 10.8 Å². The number of ether oxygens (including phenoxy) is 1. The number of likely N-dealkylation sites (N-methyl/N-ethyl adjacent to an activating group) is 1. The summed E-state index contributed by atoms with van der Waals surface area (Å²) in [4.78, 5) is 43.2. The molecule has 48 heavy (non-hydrogen) atoms. The van der Waals surface area contributed by atoms with Crippen molar-refractivity contribution in [2.24, 2.45) is 5.92 Å². The van der Waals surface area contributed by atoms with Gasteiger partial charge in [-0.3, -0.25) is 4.79 Å². The third-order valence-electron chi connectivity index (χ3n) is 8.24. The Kier molecular flexibility index (Phi) is 10.1. The molecule has 1 aliphatic rings. The second-order valence-electron chi connectivity index (χ2n) is 11.8. The molecule has 4 aromatic rings. The third kappa shape index (κ3) is 7.63. The van der Waals surface area contributed by atoms with Gasteiger partial charge in [-0.05, 0) is 54.8 Å². The minimum atomic E-state index is -4.52. The van der Waals surface area contributed by atoms with Gasteiger partial charge < -0.3 is 35.6 Å². The van der Waals surface area contributed by atoms with Gasteiger partial charge in [-0.2, -0.15) is 13.2 Å². The Morgan fingerprint density at radius 2 is 1.62 bits per heavy atom. The molecule has 0 radical (unpaired) electrons. The summed E-state index contributed by atoms with van der Waals surface area (Å²) in [6.45, 7) is 3.60. The zero-order valence-corrected chi connectivity index (χ0v) is 26.5. The molecule has 0 saturated carbocycles. The number of anilines is 3. The van der Waals surface area contributed by atoms with Crippen LogP contribution in [0.1, 0.15) is 29.8 Å². The fraction of sp³-hybridized carbons (Fsp3) is 0.286. The zero-order valence-electron chi connectivity index (χ0n) is 26.5. The van der Waals surface area contributed by atoms with Crippen LogP contribution in [0, 0.1) is 5.92 Å². The van der Waals surface area contributed by atoms with Gasteiger partial charge in [0.1, 0.15) is 6.10 Å². The molecule has 5 amide bonds. The fourth-order valence-corrected chi connectivity index (χ4v) is 5.48. The molecule has 4 aromatic carbocycles. The quantitative estimate of drug-likeness (QED) is 0.172. The molecule has 0 bridgehead atoms. The number of alkyl halides is 3. The van der Waals surface area contributed by atoms with Crippen molar-refractivity contribution in [2.45, 2.75) is 32.2 Å². The molecule has 0 fully saturated rings. The number of nitrogens with one attached hydrogen (secondary N) is 3. The fourth-order valence-electron chi connectivity index (χ4n) is 5.48. The van der Waals surface area contributed by atoms with Crippen molar-refractivity contribution < 1.29 is 37.4 Å². The van der Waals surface area contributed by atoms with Crippen LogP contribution in [-0.4, -0.2) is 71.8 Å². The first-order valence-corrected chi connectivity index (χ1v) is 15.3. The maximum absolute atomic E-state index is 13.8. The van der Waals surface area contributed by atoms with Crippen LogP contribution in [0.2, 0.25) is 0 Å². The first kappa shape index (κ1) is 34.0. The predicted octanol–water partition coefficient (Wildman–Crippen LogP) is 6.89. The number of aliphatic hydroxyl groups excluding tert-OH is 1. The molecule has 13 heteroatoms. The maximum Gasteiger partial charge on any atom is 0.416 e. The van der Waals surface area contributed by atoms with Crippen LogP contribution >= 0.6 is 0 Å². The molecule has 0 unspecified atom stereocenters. The van der Waals surface area contributed by atoms with Crippen LogP contribution in [0.5, 0.6) is 5.75 Å². The number of rotatable bonds is 7. The Morgan fingerprint density at radius 3 is 2.33 bits per heavy atom. The summed E-state index contributed by atoms with van der Waals surface area (Å²) >= 11 is 0. The van der Waals surface area contributed by atoms with Gasteiger partial charge in [0.25, 0.3) is 5.91 Å². The Hall–Kier alpha value is -5.30. The monoisotopic (exact) mass is 663 g/mol. The molecule has 10 nitrogen and oxygen atoms in total. The van der Waals surface area contributed by atoms with Gasteiger partial charge in [-0.1, -0.05) is 49.4 Å². The molecule has 0 aliphatic carbocycles. The highest BCUT2D eigenvalue weighted by atomic mass is 19.4. The molecule has 1 heterocycles. The van der Waals surface area contributed by atoms with Gasteiger partial charge in [-0.15, -0.1) is 0 Å². The van der Waals surface area contributed by atoms with E-state index in [2.05, 4.69) is 16.0 Å². The molecule has 5 rings (SSSR count). The van der Waals surface area contributed by atoms with Crippen molar-refractivity contribution >= 4 is 45.8 Å². The number of amides is 5. The highest BCUT2D eigenvalue weighted by molar-refractivity contribution is 6.04. The second-order valence-corrected chi connectivity index (χ2v) is 11.8. The topological polar surface area (TPSA) is 123 Å². The molecular weight excluding hydrogens is 627 g/mol. The number of fused-ring (bicyclic) bond motifs is 2. The zero-order chi connectivity index (χ0) is 34.6. The lowest BCUT2D eigenvalue weighted by Gasteiger charge is -2.38. The predicted molar refractivity (Wildman–Crippen MR) is 177 cm³/mol. The number of halogens is 3. The van der Waals surface area contributed by atoms with Gasteiger partial charge >= 0.3 is 18.2 Å². The van der Waals surface area contributed by atoms with E-state index in [1.54, 1.807) is 20.0 Å². The van der Waals surface area contributed by atoms with Crippen molar-refractivity contribution in [3.63, 3.8) is 0 Å². The van der Waals surface area contributed by atoms with Crippen molar-refractivity contribution in [1.82, 2.24) is 9.80 Å². The van der Waals surface area contributed by atoms with Crippen molar-refractivity contribution in [2.75, 3.05) is 42.7 Å². The summed E-state index contributed by atoms with van der Waals surface area (Å²) < 4.78 is 45.4. The van der Waals surface area contributed by atoms with E-state index in [1.807, 2.05) is 49.4 Å². The molecule has 3 atom stereocenters. The number of carbonyl (C=O) groups excluding carboxylic acids is 3. The summed E-state index contributed by atoms with van der Waals surface area (Å²) in [6, 6.07) is 20.2. The third-order valence-corrected chi connectivity index (χ3v) is 8.24. The summed E-state index contributed by atoms with van der Waals surface area (Å²) in [6.07, 6.45) is -5.19. The van der Waals surface area contributed by atoms with E-state index in [4.69, 9.17) is 4.74 Å². The van der Waals surface area contributed by atoms with Gasteiger partial charge in [-0.25, -0.2) is 9.59 Å². The van der Waals surface area contributed by atoms with Crippen molar-refractivity contribution in [3.8, 4) is 5.75 Å². The molecule has 0 saturated heterocycles. The smallest absolute Gasteiger partial charge is 0.416 e. The number of hydrogen-bond acceptors (Lipinski definition) is 5. The average molecular weight is 664 g/mol. The summed E-state index contributed by atoms with van der Waals surface area (Å²) in [7, 11) is 1.62. The number of nitrogens with zero attached hydrogens (tertiary/aromatic N) is 2. The number of benzene rings is 4. The van der Waals surface area contributed by atoms with Gasteiger partial charge in [0, 0.05) is 30.6 Å². The molecule has 4 N–H and O–H groups in total. The van der Waals surface area contributed by atoms with Crippen molar-refractivity contribution in [1.29, 1.82) is 0 Å². The van der Waals surface area contributed by atoms with E-state index in [9.17, 15) is 32.7 Å². The first-order valence-electron chi connectivity index (χ1n) is 15.3. The van der Waals surface area contributed by atoms with Crippen LogP contribution in [0.15, 0.2) is 84.9 Å². The Balaban J connectivity index is 1.40. The standard InChI is InChI=1S/C35H36F3N5O5/c1-21-18-43(22(2)20-44)32(45)27-11-7-13-29(40-33(46)39-25-16-14-24(15-17-25)35(36,37)38)31(27)48-30(21)19-42(3)34(47)41-28-12-6-9-23-8-4-5-10-26(23)28/h4-17,21-22,30,44H,18-20H2,1-3H3,(H,41,47)(H2,39,40,46)/t21-,22-,30+/m1/s1. The minimum Gasteiger partial charge on any atom is -0.485 e. The molecular formula is C35H36F3N5O5. The summed E-state index contributed by atoms with van der Waals surface area (Å²) in [5.74, 6) is -0.705. The number of hydrogen-bond donors (Lipinski definition) is 4. The van der Waals surface area contributed by atoms with E-state index in [0.717, 1.165) is 35.0 Å². The van der Waals surface area contributed by atoms with Crippen LogP contribution in [0.3, 0.4) is 0 Å². The normalized spacial score (nSPS) is 17.0. The lowest BCUT2D eigenvalue weighted by atomic mass is 9.99. The van der Waals surface area contributed by atoms with Crippen molar-refractivity contribution in [3.05, 3.63) is 96.1 Å². The minimum absolute atomic E-state index is 0.0552. The van der Waals surface area contributed by atoms with Crippen LogP contribution < -0.4 is 20.7 Å². The summed E-state index contributed by atoms with van der Waals surface area (Å²) in [5.41, 5.74) is 0.152. The maximum atomic E-state index is 13.8. The highest BCUT2D eigenvalue weighted by Crippen LogP contribution is 2.35. The molecule has 0 spiro atoms. The van der Waals surface area contributed by atoms with E-state index in [-0.39, 0.29) is 54.3 Å². The van der Waals surface area contributed by atoms with Crippen LogP contribution in [0.4, 0.5) is 39.8 Å². The van der Waals surface area contributed by atoms with Crippen LogP contribution in [-0.2, 0) is 6.18 Å². The number of carbonyl (C=O) groups is 3.